The van der Waals surface area contributed by atoms with E-state index in [0.717, 1.165) is 0 Å². The van der Waals surface area contributed by atoms with Crippen molar-refractivity contribution in [3.8, 4) is 0 Å². The van der Waals surface area contributed by atoms with Gasteiger partial charge in [-0.15, -0.1) is 0 Å². The van der Waals surface area contributed by atoms with Crippen LogP contribution in [0.25, 0.3) is 0 Å². The average molecular weight is 273 g/mol. The molecule has 2 unspecified atom stereocenters. The smallest absolute Gasteiger partial charge is 0.332 e. The van der Waals surface area contributed by atoms with Crippen LogP contribution in [0.15, 0.2) is 0 Å². The molecule has 1 heterocycles. The van der Waals surface area contributed by atoms with Crippen molar-refractivity contribution in [2.45, 2.75) is 37.9 Å². The lowest BCUT2D eigenvalue weighted by Gasteiger charge is -2.20. The van der Waals surface area contributed by atoms with E-state index in [0.29, 0.717) is 25.8 Å². The van der Waals surface area contributed by atoms with Crippen LogP contribution in [0.1, 0.15) is 25.7 Å². The molecule has 1 aliphatic rings. The number of aliphatic carboxylic acids is 1. The molecule has 0 radical (unpaired) electrons. The standard InChI is InChI=1S/C12H19NO6/c1-13(7-3-4-10(14)18-2)11(15)8-5-6-9(19-8)12(16)17/h8-9H,3-7H2,1-2H3,(H,16,17). The normalized spacial score (nSPS) is 22.0. The van der Waals surface area contributed by atoms with Crippen molar-refractivity contribution in [2.75, 3.05) is 20.7 Å². The van der Waals surface area contributed by atoms with Crippen molar-refractivity contribution in [1.82, 2.24) is 4.90 Å². The monoisotopic (exact) mass is 273 g/mol. The summed E-state index contributed by atoms with van der Waals surface area (Å²) < 4.78 is 9.67. The van der Waals surface area contributed by atoms with Crippen molar-refractivity contribution in [1.29, 1.82) is 0 Å². The number of methoxy groups -OCH3 is 1. The van der Waals surface area contributed by atoms with Gasteiger partial charge < -0.3 is 19.5 Å². The van der Waals surface area contributed by atoms with E-state index in [1.165, 1.54) is 12.0 Å². The van der Waals surface area contributed by atoms with Crippen LogP contribution < -0.4 is 0 Å². The molecule has 1 aliphatic heterocycles. The number of amides is 1. The van der Waals surface area contributed by atoms with Crippen LogP contribution in [0.4, 0.5) is 0 Å². The Bertz CT molecular complexity index is 356. The Kier molecular flexibility index (Phi) is 5.75. The van der Waals surface area contributed by atoms with E-state index in [1.807, 2.05) is 0 Å². The Morgan fingerprint density at radius 2 is 1.95 bits per heavy atom. The summed E-state index contributed by atoms with van der Waals surface area (Å²) in [6.07, 6.45) is -0.0677. The van der Waals surface area contributed by atoms with Gasteiger partial charge in [-0.2, -0.15) is 0 Å². The molecule has 0 aromatic heterocycles. The van der Waals surface area contributed by atoms with Gasteiger partial charge in [-0.3, -0.25) is 9.59 Å². The summed E-state index contributed by atoms with van der Waals surface area (Å²) in [6, 6.07) is 0. The molecule has 0 aliphatic carbocycles. The third-order valence-corrected chi connectivity index (χ3v) is 3.05. The molecule has 1 N–H and O–H groups in total. The first kappa shape index (κ1) is 15.4. The molecular formula is C12H19NO6. The van der Waals surface area contributed by atoms with Crippen LogP contribution >= 0.6 is 0 Å². The first-order chi connectivity index (χ1) is 8.95. The van der Waals surface area contributed by atoms with E-state index < -0.39 is 18.2 Å². The van der Waals surface area contributed by atoms with Gasteiger partial charge in [0, 0.05) is 20.0 Å². The van der Waals surface area contributed by atoms with Crippen molar-refractivity contribution in [3.63, 3.8) is 0 Å². The van der Waals surface area contributed by atoms with E-state index in [4.69, 9.17) is 9.84 Å². The highest BCUT2D eigenvalue weighted by atomic mass is 16.5. The van der Waals surface area contributed by atoms with Crippen molar-refractivity contribution in [2.24, 2.45) is 0 Å². The number of carboxylic acids is 1. The zero-order valence-corrected chi connectivity index (χ0v) is 11.1. The Labute approximate surface area is 111 Å². The zero-order chi connectivity index (χ0) is 14.4. The molecule has 0 aromatic rings. The predicted molar refractivity (Wildman–Crippen MR) is 64.4 cm³/mol. The molecular weight excluding hydrogens is 254 g/mol. The lowest BCUT2D eigenvalue weighted by molar-refractivity contribution is -0.154. The van der Waals surface area contributed by atoms with Gasteiger partial charge in [0.25, 0.3) is 5.91 Å². The Morgan fingerprint density at radius 3 is 2.47 bits per heavy atom. The number of esters is 1. The summed E-state index contributed by atoms with van der Waals surface area (Å²) >= 11 is 0. The minimum atomic E-state index is -1.04. The van der Waals surface area contributed by atoms with E-state index in [2.05, 4.69) is 4.74 Å². The second kappa shape index (κ2) is 7.08. The van der Waals surface area contributed by atoms with Gasteiger partial charge >= 0.3 is 11.9 Å². The van der Waals surface area contributed by atoms with E-state index in [-0.39, 0.29) is 18.3 Å². The van der Waals surface area contributed by atoms with E-state index in [1.54, 1.807) is 7.05 Å². The van der Waals surface area contributed by atoms with Gasteiger partial charge in [0.15, 0.2) is 6.10 Å². The molecule has 0 aromatic carbocycles. The number of hydrogen-bond acceptors (Lipinski definition) is 5. The van der Waals surface area contributed by atoms with Gasteiger partial charge in [0.2, 0.25) is 0 Å². The summed E-state index contributed by atoms with van der Waals surface area (Å²) in [5.74, 6) is -1.60. The highest BCUT2D eigenvalue weighted by Crippen LogP contribution is 2.21. The highest BCUT2D eigenvalue weighted by Gasteiger charge is 2.35. The van der Waals surface area contributed by atoms with Crippen LogP contribution in [0.2, 0.25) is 0 Å². The lowest BCUT2D eigenvalue weighted by atomic mass is 10.2. The van der Waals surface area contributed by atoms with Crippen LogP contribution in [-0.4, -0.2) is 60.8 Å². The van der Waals surface area contributed by atoms with Gasteiger partial charge in [-0.1, -0.05) is 0 Å². The Balaban J connectivity index is 2.33. The fourth-order valence-corrected chi connectivity index (χ4v) is 1.92. The Morgan fingerprint density at radius 1 is 1.32 bits per heavy atom. The third kappa shape index (κ3) is 4.51. The number of carbonyl (C=O) groups is 3. The van der Waals surface area contributed by atoms with Gasteiger partial charge in [0.05, 0.1) is 7.11 Å². The molecule has 1 saturated heterocycles. The first-order valence-electron chi connectivity index (χ1n) is 6.15. The minimum absolute atomic E-state index is 0.242. The minimum Gasteiger partial charge on any atom is -0.479 e. The quantitative estimate of drug-likeness (QED) is 0.686. The van der Waals surface area contributed by atoms with Crippen LogP contribution in [0.5, 0.6) is 0 Å². The summed E-state index contributed by atoms with van der Waals surface area (Å²) in [4.78, 5) is 35.0. The summed E-state index contributed by atoms with van der Waals surface area (Å²) in [7, 11) is 2.92. The number of rotatable bonds is 6. The number of carbonyl (C=O) groups excluding carboxylic acids is 2. The molecule has 19 heavy (non-hydrogen) atoms. The van der Waals surface area contributed by atoms with Crippen LogP contribution in [-0.2, 0) is 23.9 Å². The summed E-state index contributed by atoms with van der Waals surface area (Å²) in [5, 5.41) is 8.78. The molecule has 1 amide bonds. The lowest BCUT2D eigenvalue weighted by Crippen LogP contribution is -2.37. The van der Waals surface area contributed by atoms with Crippen LogP contribution in [0, 0.1) is 0 Å². The maximum atomic E-state index is 12.0. The van der Waals surface area contributed by atoms with E-state index >= 15 is 0 Å². The molecule has 2 atom stereocenters. The SMILES string of the molecule is COC(=O)CCCN(C)C(=O)C1CCC(C(=O)O)O1. The third-order valence-electron chi connectivity index (χ3n) is 3.05. The largest absolute Gasteiger partial charge is 0.479 e. The molecule has 0 bridgehead atoms. The molecule has 0 saturated carbocycles. The molecule has 7 nitrogen and oxygen atoms in total. The van der Waals surface area contributed by atoms with E-state index in [9.17, 15) is 14.4 Å². The number of hydrogen-bond donors (Lipinski definition) is 1. The molecule has 108 valence electrons. The molecule has 1 rings (SSSR count). The van der Waals surface area contributed by atoms with Crippen molar-refractivity contribution < 1.29 is 29.0 Å². The van der Waals surface area contributed by atoms with Crippen LogP contribution in [0.3, 0.4) is 0 Å². The maximum absolute atomic E-state index is 12.0. The first-order valence-corrected chi connectivity index (χ1v) is 6.15. The van der Waals surface area contributed by atoms with Gasteiger partial charge in [0.1, 0.15) is 6.10 Å². The average Bonchev–Trinajstić information content (AvgIpc) is 2.87. The predicted octanol–water partition coefficient (Wildman–Crippen LogP) is 0.0302. The number of nitrogens with zero attached hydrogens (tertiary/aromatic N) is 1. The number of ether oxygens (including phenoxy) is 2. The number of carboxylic acid groups (broad SMARTS) is 1. The fourth-order valence-electron chi connectivity index (χ4n) is 1.92. The second-order valence-corrected chi connectivity index (χ2v) is 4.47. The fraction of sp³-hybridized carbons (Fsp3) is 0.750. The van der Waals surface area contributed by atoms with Crippen molar-refractivity contribution >= 4 is 17.8 Å². The molecule has 0 spiro atoms. The highest BCUT2D eigenvalue weighted by molar-refractivity contribution is 5.82. The second-order valence-electron chi connectivity index (χ2n) is 4.47. The van der Waals surface area contributed by atoms with Gasteiger partial charge in [-0.05, 0) is 19.3 Å². The Hall–Kier alpha value is -1.63. The van der Waals surface area contributed by atoms with Crippen molar-refractivity contribution in [3.05, 3.63) is 0 Å². The molecule has 1 fully saturated rings. The topological polar surface area (TPSA) is 93.1 Å². The maximum Gasteiger partial charge on any atom is 0.332 e. The number of likely N-dealkylation sites (N-methyl/N-ethyl adjacent to an activating group) is 1. The van der Waals surface area contributed by atoms with Gasteiger partial charge in [-0.25, -0.2) is 4.79 Å². The summed E-state index contributed by atoms with van der Waals surface area (Å²) in [6.45, 7) is 0.408. The summed E-state index contributed by atoms with van der Waals surface area (Å²) in [5.41, 5.74) is 0. The molecule has 7 heteroatoms. The zero-order valence-electron chi connectivity index (χ0n) is 11.1.